The highest BCUT2D eigenvalue weighted by atomic mass is 79.9. The third-order valence-electron chi connectivity index (χ3n) is 2.52. The molecular formula is C14H19BrClN3O3. The second-order valence-electron chi connectivity index (χ2n) is 4.35. The lowest BCUT2D eigenvalue weighted by molar-refractivity contribution is -0.118. The minimum Gasteiger partial charge on any atom is -0.491 e. The number of nitrogens with one attached hydrogen (secondary N) is 3. The van der Waals surface area contributed by atoms with Crippen molar-refractivity contribution in [3.05, 3.63) is 21.6 Å². The van der Waals surface area contributed by atoms with Crippen LogP contribution in [-0.2, 0) is 4.79 Å². The zero-order valence-electron chi connectivity index (χ0n) is 12.5. The van der Waals surface area contributed by atoms with Crippen molar-refractivity contribution in [2.24, 2.45) is 0 Å². The molecule has 3 amide bonds. The number of benzene rings is 1. The summed E-state index contributed by atoms with van der Waals surface area (Å²) in [5, 5.41) is 8.20. The van der Waals surface area contributed by atoms with Crippen molar-refractivity contribution < 1.29 is 14.3 Å². The predicted molar refractivity (Wildman–Crippen MR) is 90.6 cm³/mol. The summed E-state index contributed by atoms with van der Waals surface area (Å²) in [5.41, 5.74) is 0.574. The topological polar surface area (TPSA) is 79.5 Å². The molecule has 0 fully saturated rings. The highest BCUT2D eigenvalue weighted by Gasteiger charge is 2.12. The molecule has 3 N–H and O–H groups in total. The molecule has 1 aromatic carbocycles. The molecule has 0 aliphatic rings. The number of carbonyl (C=O) groups is 2. The number of urea groups is 1. The molecule has 0 aliphatic carbocycles. The highest BCUT2D eigenvalue weighted by molar-refractivity contribution is 9.10. The second kappa shape index (κ2) is 9.53. The average Bonchev–Trinajstić information content (AvgIpc) is 2.46. The molecule has 0 saturated heterocycles. The minimum atomic E-state index is -0.508. The minimum absolute atomic E-state index is 0.0770. The zero-order chi connectivity index (χ0) is 16.5. The first kappa shape index (κ1) is 18.6. The van der Waals surface area contributed by atoms with Crippen LogP contribution in [0.5, 0.6) is 5.75 Å². The summed E-state index contributed by atoms with van der Waals surface area (Å²) >= 11 is 9.35. The summed E-state index contributed by atoms with van der Waals surface area (Å²) in [7, 11) is 0. The van der Waals surface area contributed by atoms with Crippen molar-refractivity contribution in [1.29, 1.82) is 0 Å². The van der Waals surface area contributed by atoms with Crippen molar-refractivity contribution >= 4 is 45.2 Å². The van der Waals surface area contributed by atoms with Crippen LogP contribution < -0.4 is 20.7 Å². The molecule has 0 bridgehead atoms. The average molecular weight is 393 g/mol. The van der Waals surface area contributed by atoms with E-state index in [1.54, 1.807) is 12.1 Å². The summed E-state index contributed by atoms with van der Waals surface area (Å²) in [6, 6.07) is 2.85. The summed E-state index contributed by atoms with van der Waals surface area (Å²) in [6.07, 6.45) is 0.800. The van der Waals surface area contributed by atoms with Gasteiger partial charge in [0.15, 0.2) is 5.75 Å². The van der Waals surface area contributed by atoms with Gasteiger partial charge in [-0.25, -0.2) is 4.79 Å². The van der Waals surface area contributed by atoms with Crippen molar-refractivity contribution in [3.8, 4) is 5.75 Å². The van der Waals surface area contributed by atoms with Crippen LogP contribution in [0.2, 0.25) is 5.02 Å². The molecule has 0 unspecified atom stereocenters. The molecule has 6 nitrogen and oxygen atoms in total. The second-order valence-corrected chi connectivity index (χ2v) is 5.65. The molecule has 8 heteroatoms. The predicted octanol–water partition coefficient (Wildman–Crippen LogP) is 3.15. The van der Waals surface area contributed by atoms with E-state index in [1.807, 2.05) is 13.8 Å². The Morgan fingerprint density at radius 3 is 2.68 bits per heavy atom. The van der Waals surface area contributed by atoms with Gasteiger partial charge in [0.1, 0.15) is 0 Å². The van der Waals surface area contributed by atoms with Crippen LogP contribution in [0.25, 0.3) is 0 Å². The first-order valence-corrected chi connectivity index (χ1v) is 8.08. The third-order valence-corrected chi connectivity index (χ3v) is 3.33. The quantitative estimate of drug-likeness (QED) is 0.666. The molecule has 22 heavy (non-hydrogen) atoms. The molecule has 1 rings (SSSR count). The normalized spacial score (nSPS) is 10.0. The van der Waals surface area contributed by atoms with Gasteiger partial charge in [0.25, 0.3) is 0 Å². The summed E-state index contributed by atoms with van der Waals surface area (Å²) < 4.78 is 6.20. The van der Waals surface area contributed by atoms with E-state index < -0.39 is 11.9 Å². The Morgan fingerprint density at radius 1 is 1.32 bits per heavy atom. The van der Waals surface area contributed by atoms with Gasteiger partial charge in [0, 0.05) is 11.6 Å². The van der Waals surface area contributed by atoms with E-state index >= 15 is 0 Å². The lowest BCUT2D eigenvalue weighted by atomic mass is 10.3. The van der Waals surface area contributed by atoms with Gasteiger partial charge in [-0.3, -0.25) is 10.1 Å². The number of rotatable bonds is 7. The first-order chi connectivity index (χ1) is 10.5. The van der Waals surface area contributed by atoms with Crippen LogP contribution in [-0.4, -0.2) is 31.6 Å². The lowest BCUT2D eigenvalue weighted by Crippen LogP contribution is -2.42. The summed E-state index contributed by atoms with van der Waals surface area (Å²) in [5.74, 6) is 0.113. The van der Waals surface area contributed by atoms with Gasteiger partial charge in [-0.2, -0.15) is 0 Å². The largest absolute Gasteiger partial charge is 0.491 e. The molecule has 122 valence electrons. The molecule has 0 saturated carbocycles. The molecule has 1 aromatic rings. The number of amides is 3. The number of hydrogen-bond acceptors (Lipinski definition) is 4. The Balaban J connectivity index is 2.63. The summed E-state index contributed by atoms with van der Waals surface area (Å²) in [4.78, 5) is 23.1. The van der Waals surface area contributed by atoms with E-state index in [4.69, 9.17) is 16.3 Å². The number of anilines is 1. The number of halogens is 2. The standard InChI is InChI=1S/C14H19BrClN3O3/c1-3-5-17-14(21)19-12(20)8-18-11-7-9(16)6-10(15)13(11)22-4-2/h6-7,18H,3-5,8H2,1-2H3,(H2,17,19,20,21). The van der Waals surface area contributed by atoms with E-state index in [1.165, 1.54) is 0 Å². The maximum atomic E-state index is 11.7. The van der Waals surface area contributed by atoms with Crippen LogP contribution in [0.3, 0.4) is 0 Å². The van der Waals surface area contributed by atoms with Crippen molar-refractivity contribution in [2.45, 2.75) is 20.3 Å². The summed E-state index contributed by atoms with van der Waals surface area (Å²) in [6.45, 7) is 4.70. The van der Waals surface area contributed by atoms with Gasteiger partial charge in [-0.05, 0) is 41.4 Å². The zero-order valence-corrected chi connectivity index (χ0v) is 14.8. The lowest BCUT2D eigenvalue weighted by Gasteiger charge is -2.14. The number of hydrogen-bond donors (Lipinski definition) is 3. The van der Waals surface area contributed by atoms with E-state index in [0.29, 0.717) is 34.1 Å². The molecular weight excluding hydrogens is 374 g/mol. The Labute approximate surface area is 143 Å². The SMILES string of the molecule is CCCNC(=O)NC(=O)CNc1cc(Cl)cc(Br)c1OCC. The number of imide groups is 1. The van der Waals surface area contributed by atoms with Crippen molar-refractivity contribution in [2.75, 3.05) is 25.0 Å². The van der Waals surface area contributed by atoms with Gasteiger partial charge >= 0.3 is 6.03 Å². The third kappa shape index (κ3) is 6.11. The fourth-order valence-corrected chi connectivity index (χ4v) is 2.54. The van der Waals surface area contributed by atoms with Gasteiger partial charge in [0.2, 0.25) is 5.91 Å². The highest BCUT2D eigenvalue weighted by Crippen LogP contribution is 2.36. The number of ether oxygens (including phenoxy) is 1. The van der Waals surface area contributed by atoms with Crippen LogP contribution >= 0.6 is 27.5 Å². The Bertz CT molecular complexity index is 540. The molecule has 0 heterocycles. The molecule has 0 spiro atoms. The smallest absolute Gasteiger partial charge is 0.321 e. The van der Waals surface area contributed by atoms with Gasteiger partial charge in [-0.15, -0.1) is 0 Å². The maximum Gasteiger partial charge on any atom is 0.321 e. The van der Waals surface area contributed by atoms with Crippen LogP contribution in [0, 0.1) is 0 Å². The molecule has 0 aliphatic heterocycles. The van der Waals surface area contributed by atoms with Gasteiger partial charge in [0.05, 0.1) is 23.3 Å². The fraction of sp³-hybridized carbons (Fsp3) is 0.429. The van der Waals surface area contributed by atoms with Crippen LogP contribution in [0.1, 0.15) is 20.3 Å². The Morgan fingerprint density at radius 2 is 2.05 bits per heavy atom. The van der Waals surface area contributed by atoms with Crippen molar-refractivity contribution in [1.82, 2.24) is 10.6 Å². The Hall–Kier alpha value is -1.47. The van der Waals surface area contributed by atoms with E-state index in [2.05, 4.69) is 31.9 Å². The van der Waals surface area contributed by atoms with E-state index in [9.17, 15) is 9.59 Å². The van der Waals surface area contributed by atoms with Crippen LogP contribution in [0.4, 0.5) is 10.5 Å². The number of carbonyl (C=O) groups excluding carboxylic acids is 2. The van der Waals surface area contributed by atoms with E-state index in [-0.39, 0.29) is 6.54 Å². The molecule has 0 radical (unpaired) electrons. The Kier molecular flexibility index (Phi) is 8.05. The van der Waals surface area contributed by atoms with Gasteiger partial charge < -0.3 is 15.4 Å². The maximum absolute atomic E-state index is 11.7. The van der Waals surface area contributed by atoms with Gasteiger partial charge in [-0.1, -0.05) is 18.5 Å². The van der Waals surface area contributed by atoms with Crippen molar-refractivity contribution in [3.63, 3.8) is 0 Å². The van der Waals surface area contributed by atoms with E-state index in [0.717, 1.165) is 6.42 Å². The molecule has 0 aromatic heterocycles. The van der Waals surface area contributed by atoms with Crippen LogP contribution in [0.15, 0.2) is 16.6 Å². The molecule has 0 atom stereocenters. The first-order valence-electron chi connectivity index (χ1n) is 6.91. The fourth-order valence-electron chi connectivity index (χ4n) is 1.61. The monoisotopic (exact) mass is 391 g/mol.